The van der Waals surface area contributed by atoms with Crippen molar-refractivity contribution < 1.29 is 4.74 Å². The first-order valence-corrected chi connectivity index (χ1v) is 9.04. The Balaban J connectivity index is 1.55. The molecule has 23 heavy (non-hydrogen) atoms. The molecule has 0 aliphatic carbocycles. The highest BCUT2D eigenvalue weighted by Gasteiger charge is 2.43. The van der Waals surface area contributed by atoms with Crippen molar-refractivity contribution in [2.24, 2.45) is 11.3 Å². The van der Waals surface area contributed by atoms with Crippen molar-refractivity contribution in [3.05, 3.63) is 24.3 Å². The predicted octanol–water partition coefficient (Wildman–Crippen LogP) is 2.35. The average Bonchev–Trinajstić information content (AvgIpc) is 2.86. The van der Waals surface area contributed by atoms with Crippen LogP contribution in [0, 0.1) is 11.3 Å². The highest BCUT2D eigenvalue weighted by atomic mass is 16.5. The molecule has 5 rings (SSSR count). The molecule has 2 atom stereocenters. The minimum atomic E-state index is 0.384. The molecule has 0 amide bonds. The van der Waals surface area contributed by atoms with Crippen LogP contribution in [0.3, 0.4) is 0 Å². The Labute approximate surface area is 139 Å². The Morgan fingerprint density at radius 2 is 1.74 bits per heavy atom. The van der Waals surface area contributed by atoms with Crippen molar-refractivity contribution in [1.29, 1.82) is 0 Å². The molecule has 4 heterocycles. The summed E-state index contributed by atoms with van der Waals surface area (Å²) in [4.78, 5) is 5.07. The topological polar surface area (TPSA) is 27.7 Å². The first-order chi connectivity index (χ1) is 11.1. The van der Waals surface area contributed by atoms with Gasteiger partial charge in [0.05, 0.1) is 13.2 Å². The van der Waals surface area contributed by atoms with E-state index in [2.05, 4.69) is 53.2 Å². The summed E-state index contributed by atoms with van der Waals surface area (Å²) in [6.45, 7) is 12.0. The van der Waals surface area contributed by atoms with E-state index in [1.54, 1.807) is 0 Å². The van der Waals surface area contributed by atoms with E-state index in [-0.39, 0.29) is 0 Å². The van der Waals surface area contributed by atoms with Crippen molar-refractivity contribution in [2.75, 3.05) is 55.7 Å². The number of piperidine rings is 1. The molecule has 1 N–H and O–H groups in total. The van der Waals surface area contributed by atoms with E-state index < -0.39 is 0 Å². The highest BCUT2D eigenvalue weighted by molar-refractivity contribution is 5.57. The summed E-state index contributed by atoms with van der Waals surface area (Å²) in [5, 5.41) is 3.66. The molecule has 4 fully saturated rings. The minimum Gasteiger partial charge on any atom is -0.378 e. The van der Waals surface area contributed by atoms with Crippen molar-refractivity contribution >= 4 is 11.4 Å². The van der Waals surface area contributed by atoms with Crippen LogP contribution in [0.15, 0.2) is 24.3 Å². The fourth-order valence-corrected chi connectivity index (χ4v) is 4.68. The maximum Gasteiger partial charge on any atom is 0.0642 e. The second-order valence-corrected chi connectivity index (χ2v) is 8.00. The number of ether oxygens (including phenoxy) is 1. The monoisotopic (exact) mass is 315 g/mol. The van der Waals surface area contributed by atoms with Gasteiger partial charge in [0.1, 0.15) is 0 Å². The fraction of sp³-hybridized carbons (Fsp3) is 0.684. The summed E-state index contributed by atoms with van der Waals surface area (Å²) >= 11 is 0. The lowest BCUT2D eigenvalue weighted by Gasteiger charge is -2.48. The van der Waals surface area contributed by atoms with Crippen molar-refractivity contribution in [3.8, 4) is 0 Å². The normalized spacial score (nSPS) is 30.3. The van der Waals surface area contributed by atoms with Crippen LogP contribution >= 0.6 is 0 Å². The molecule has 0 saturated carbocycles. The lowest BCUT2D eigenvalue weighted by molar-refractivity contribution is 0.122. The Morgan fingerprint density at radius 1 is 1.04 bits per heavy atom. The lowest BCUT2D eigenvalue weighted by atomic mass is 9.73. The van der Waals surface area contributed by atoms with Gasteiger partial charge < -0.3 is 19.9 Å². The number of rotatable bonds is 2. The molecule has 0 spiro atoms. The van der Waals surface area contributed by atoms with Gasteiger partial charge in [-0.05, 0) is 48.6 Å². The summed E-state index contributed by atoms with van der Waals surface area (Å²) in [7, 11) is 0. The van der Waals surface area contributed by atoms with Gasteiger partial charge >= 0.3 is 0 Å². The standard InChI is InChI=1S/C19H29N3O/c1-19(2)11-15-12-20-13-18(19)22(14-15)17-5-3-16(4-6-17)21-7-9-23-10-8-21/h3-6,15,18,20H,7-14H2,1-2H3/t15-,18-/m1/s1. The zero-order valence-electron chi connectivity index (χ0n) is 14.4. The third-order valence-electron chi connectivity index (χ3n) is 5.88. The largest absolute Gasteiger partial charge is 0.378 e. The summed E-state index contributed by atoms with van der Waals surface area (Å²) in [5.41, 5.74) is 3.10. The summed E-state index contributed by atoms with van der Waals surface area (Å²) in [5.74, 6) is 0.766. The second kappa shape index (κ2) is 5.99. The minimum absolute atomic E-state index is 0.384. The van der Waals surface area contributed by atoms with Crippen LogP contribution in [-0.4, -0.2) is 52.0 Å². The molecule has 4 saturated heterocycles. The van der Waals surface area contributed by atoms with Crippen LogP contribution in [0.2, 0.25) is 0 Å². The number of benzene rings is 1. The van der Waals surface area contributed by atoms with E-state index in [9.17, 15) is 0 Å². The molecule has 0 radical (unpaired) electrons. The number of nitrogens with zero attached hydrogens (tertiary/aromatic N) is 2. The molecular weight excluding hydrogens is 286 g/mol. The van der Waals surface area contributed by atoms with Gasteiger partial charge in [-0.3, -0.25) is 0 Å². The van der Waals surface area contributed by atoms with Gasteiger partial charge in [-0.2, -0.15) is 0 Å². The molecule has 1 aromatic rings. The Bertz CT molecular complexity index is 536. The predicted molar refractivity (Wildman–Crippen MR) is 95.4 cm³/mol. The highest BCUT2D eigenvalue weighted by Crippen LogP contribution is 2.41. The van der Waals surface area contributed by atoms with Gasteiger partial charge in [0.15, 0.2) is 0 Å². The Morgan fingerprint density at radius 3 is 2.48 bits per heavy atom. The zero-order chi connectivity index (χ0) is 15.9. The maximum atomic E-state index is 5.45. The van der Waals surface area contributed by atoms with Gasteiger partial charge in [-0.25, -0.2) is 0 Å². The van der Waals surface area contributed by atoms with Crippen molar-refractivity contribution in [2.45, 2.75) is 26.3 Å². The van der Waals surface area contributed by atoms with Gasteiger partial charge in [0, 0.05) is 43.6 Å². The lowest BCUT2D eigenvalue weighted by Crippen LogP contribution is -2.53. The van der Waals surface area contributed by atoms with E-state index in [1.165, 1.54) is 30.9 Å². The molecule has 126 valence electrons. The summed E-state index contributed by atoms with van der Waals surface area (Å²) in [6.07, 6.45) is 1.34. The van der Waals surface area contributed by atoms with Gasteiger partial charge in [-0.15, -0.1) is 0 Å². The van der Waals surface area contributed by atoms with Crippen LogP contribution in [0.5, 0.6) is 0 Å². The van der Waals surface area contributed by atoms with E-state index >= 15 is 0 Å². The number of hydrogen-bond acceptors (Lipinski definition) is 4. The molecule has 4 heteroatoms. The molecule has 1 aromatic carbocycles. The van der Waals surface area contributed by atoms with Crippen molar-refractivity contribution in [3.63, 3.8) is 0 Å². The third kappa shape index (κ3) is 2.94. The molecular formula is C19H29N3O. The molecule has 4 nitrogen and oxygen atoms in total. The quantitative estimate of drug-likeness (QED) is 0.907. The second-order valence-electron chi connectivity index (χ2n) is 8.00. The van der Waals surface area contributed by atoms with Gasteiger partial charge in [-0.1, -0.05) is 13.8 Å². The molecule has 0 aromatic heterocycles. The molecule has 4 aliphatic rings. The number of fused-ring (bicyclic) bond motifs is 4. The maximum absolute atomic E-state index is 5.45. The molecule has 0 unspecified atom stereocenters. The van der Waals surface area contributed by atoms with E-state index in [4.69, 9.17) is 4.74 Å². The molecule has 2 bridgehead atoms. The average molecular weight is 315 g/mol. The smallest absolute Gasteiger partial charge is 0.0642 e. The van der Waals surface area contributed by atoms with Gasteiger partial charge in [0.25, 0.3) is 0 Å². The van der Waals surface area contributed by atoms with Crippen molar-refractivity contribution in [1.82, 2.24) is 5.32 Å². The molecule has 4 aliphatic heterocycles. The number of morpholine rings is 1. The summed E-state index contributed by atoms with van der Waals surface area (Å²) < 4.78 is 5.45. The van der Waals surface area contributed by atoms with Crippen LogP contribution in [0.4, 0.5) is 11.4 Å². The van der Waals surface area contributed by atoms with Crippen LogP contribution in [-0.2, 0) is 4.74 Å². The number of nitrogens with one attached hydrogen (secondary N) is 1. The Kier molecular flexibility index (Phi) is 3.98. The Hall–Kier alpha value is -1.26. The van der Waals surface area contributed by atoms with Crippen LogP contribution in [0.1, 0.15) is 20.3 Å². The third-order valence-corrected chi connectivity index (χ3v) is 5.88. The van der Waals surface area contributed by atoms with Gasteiger partial charge in [0.2, 0.25) is 0 Å². The van der Waals surface area contributed by atoms with Crippen LogP contribution in [0.25, 0.3) is 0 Å². The first-order valence-electron chi connectivity index (χ1n) is 9.04. The zero-order valence-corrected chi connectivity index (χ0v) is 14.4. The fourth-order valence-electron chi connectivity index (χ4n) is 4.68. The van der Waals surface area contributed by atoms with E-state index in [0.717, 1.165) is 38.8 Å². The first kappa shape index (κ1) is 15.3. The van der Waals surface area contributed by atoms with E-state index in [1.807, 2.05) is 0 Å². The van der Waals surface area contributed by atoms with Crippen LogP contribution < -0.4 is 15.1 Å². The number of anilines is 2. The van der Waals surface area contributed by atoms with E-state index in [0.29, 0.717) is 11.5 Å². The summed E-state index contributed by atoms with van der Waals surface area (Å²) in [6, 6.07) is 9.82. The number of hydrogen-bond donors (Lipinski definition) is 1. The SMILES string of the molecule is CC1(C)C[C@@H]2CNC[C@H]1N(c1ccc(N3CCOCC3)cc1)C2.